The summed E-state index contributed by atoms with van der Waals surface area (Å²) in [5, 5.41) is 0. The van der Waals surface area contributed by atoms with E-state index in [0.717, 1.165) is 36.9 Å². The minimum absolute atomic E-state index is 0.198. The van der Waals surface area contributed by atoms with Crippen LogP contribution in [-0.2, 0) is 26.9 Å². The van der Waals surface area contributed by atoms with Crippen LogP contribution in [0.25, 0.3) is 0 Å². The minimum Gasteiger partial charge on any atom is -0.397 e. The number of rotatable bonds is 18. The lowest BCUT2D eigenvalue weighted by Crippen LogP contribution is -2.46. The summed E-state index contributed by atoms with van der Waals surface area (Å²) in [5.74, 6) is 0. The second-order valence-electron chi connectivity index (χ2n) is 7.21. The van der Waals surface area contributed by atoms with Gasteiger partial charge >= 0.3 is 18.1 Å². The third-order valence-electron chi connectivity index (χ3n) is 4.68. The first-order chi connectivity index (χ1) is 14.2. The molecule has 10 heteroatoms. The fourth-order valence-electron chi connectivity index (χ4n) is 2.77. The largest absolute Gasteiger partial charge is 0.500 e. The van der Waals surface area contributed by atoms with Crippen LogP contribution in [0.1, 0.15) is 47.0 Å². The van der Waals surface area contributed by atoms with Crippen molar-refractivity contribution in [2.75, 3.05) is 54.3 Å². The molecule has 0 aromatic carbocycles. The molecule has 0 radical (unpaired) electrons. The average Bonchev–Trinajstić information content (AvgIpc) is 2.72. The minimum atomic E-state index is -2.40. The molecule has 0 aromatic rings. The molecule has 0 saturated heterocycles. The molecule has 0 aromatic heterocycles. The van der Waals surface area contributed by atoms with Gasteiger partial charge in [0.1, 0.15) is 0 Å². The molecule has 0 saturated carbocycles. The van der Waals surface area contributed by atoms with Crippen molar-refractivity contribution in [3.8, 4) is 0 Å². The molecule has 8 nitrogen and oxygen atoms in total. The Labute approximate surface area is 187 Å². The van der Waals surface area contributed by atoms with Gasteiger partial charge in [-0.25, -0.2) is 0 Å². The molecule has 0 fully saturated rings. The van der Waals surface area contributed by atoms with Gasteiger partial charge < -0.3 is 38.3 Å². The van der Waals surface area contributed by atoms with Crippen LogP contribution in [0.3, 0.4) is 0 Å². The Bertz CT molecular complexity index is 402. The number of nitrogens with two attached hydrogens (primary N) is 2. The van der Waals surface area contributed by atoms with Crippen molar-refractivity contribution < 1.29 is 26.9 Å². The Morgan fingerprint density at radius 3 is 1.93 bits per heavy atom. The average molecular weight is 469 g/mol. The van der Waals surface area contributed by atoms with Gasteiger partial charge in [0, 0.05) is 58.8 Å². The summed E-state index contributed by atoms with van der Waals surface area (Å²) >= 11 is 0. The van der Waals surface area contributed by atoms with Gasteiger partial charge in [-0.2, -0.15) is 0 Å². The lowest BCUT2D eigenvalue weighted by molar-refractivity contribution is 0.113. The quantitative estimate of drug-likeness (QED) is 0.180. The number of ether oxygens (including phenoxy) is 1. The highest BCUT2D eigenvalue weighted by atomic mass is 28.4. The molecule has 4 N–H and O–H groups in total. The lowest BCUT2D eigenvalue weighted by Gasteiger charge is -2.30. The van der Waals surface area contributed by atoms with Crippen LogP contribution in [0.5, 0.6) is 0 Å². The fourth-order valence-corrected chi connectivity index (χ4v) is 6.70. The standard InChI is InChI=1S/C10H26N2O2Si.C10H22O4Si/c1-4-10(12,7-8-11)9-15(13-5-2)14-6-3;1-10(2)9-14-7-6-8-15(11-3,12-4)13-5/h15H,4-9,11-12H2,1-3H3;1,6-9H2,2-5H3. The lowest BCUT2D eigenvalue weighted by atomic mass is 9.96. The van der Waals surface area contributed by atoms with Crippen LogP contribution in [0.15, 0.2) is 12.2 Å². The summed E-state index contributed by atoms with van der Waals surface area (Å²) in [4.78, 5) is 0. The molecule has 0 spiro atoms. The van der Waals surface area contributed by atoms with Crippen LogP contribution in [-0.4, -0.2) is 77.9 Å². The van der Waals surface area contributed by atoms with E-state index in [0.29, 0.717) is 33.0 Å². The Balaban J connectivity index is 0. The zero-order valence-corrected chi connectivity index (χ0v) is 22.6. The first-order valence-corrected chi connectivity index (χ1v) is 14.5. The predicted octanol–water partition coefficient (Wildman–Crippen LogP) is 2.58. The highest BCUT2D eigenvalue weighted by molar-refractivity contribution is 6.60. The summed E-state index contributed by atoms with van der Waals surface area (Å²) in [6.45, 7) is 15.1. The molecule has 0 aliphatic rings. The fraction of sp³-hybridized carbons (Fsp3) is 0.900. The maximum atomic E-state index is 6.26. The van der Waals surface area contributed by atoms with Crippen molar-refractivity contribution in [3.05, 3.63) is 12.2 Å². The monoisotopic (exact) mass is 468 g/mol. The number of hydrogen-bond donors (Lipinski definition) is 2. The van der Waals surface area contributed by atoms with Gasteiger partial charge in [-0.3, -0.25) is 0 Å². The Kier molecular flexibility index (Phi) is 20.9. The Morgan fingerprint density at radius 2 is 1.57 bits per heavy atom. The summed E-state index contributed by atoms with van der Waals surface area (Å²) in [6.07, 6.45) is 2.63. The first kappa shape index (κ1) is 32.0. The smallest absolute Gasteiger partial charge is 0.397 e. The van der Waals surface area contributed by atoms with E-state index in [1.54, 1.807) is 21.3 Å². The molecular weight excluding hydrogens is 420 g/mol. The second-order valence-corrected chi connectivity index (χ2v) is 12.2. The van der Waals surface area contributed by atoms with E-state index in [9.17, 15) is 0 Å². The molecule has 0 rings (SSSR count). The van der Waals surface area contributed by atoms with Gasteiger partial charge in [0.2, 0.25) is 0 Å². The highest BCUT2D eigenvalue weighted by Crippen LogP contribution is 2.19. The SMILES string of the molecule is C=C(C)COCCC[Si](OC)(OC)OC.CCO[SiH](CC(N)(CC)CCN)OCC. The van der Waals surface area contributed by atoms with Gasteiger partial charge in [-0.05, 0) is 46.6 Å². The van der Waals surface area contributed by atoms with Crippen molar-refractivity contribution in [1.29, 1.82) is 0 Å². The Morgan fingerprint density at radius 1 is 1.03 bits per heavy atom. The maximum absolute atomic E-state index is 6.26. The van der Waals surface area contributed by atoms with Gasteiger partial charge in [-0.15, -0.1) is 0 Å². The zero-order valence-electron chi connectivity index (χ0n) is 20.5. The van der Waals surface area contributed by atoms with Gasteiger partial charge in [-0.1, -0.05) is 19.1 Å². The second kappa shape index (κ2) is 19.5. The van der Waals surface area contributed by atoms with E-state index in [-0.39, 0.29) is 5.54 Å². The molecule has 0 amide bonds. The van der Waals surface area contributed by atoms with Crippen molar-refractivity contribution in [1.82, 2.24) is 0 Å². The highest BCUT2D eigenvalue weighted by Gasteiger charge is 2.36. The van der Waals surface area contributed by atoms with Crippen LogP contribution in [0.4, 0.5) is 0 Å². The third kappa shape index (κ3) is 15.6. The number of hydrogen-bond acceptors (Lipinski definition) is 8. The molecule has 0 aliphatic heterocycles. The molecule has 30 heavy (non-hydrogen) atoms. The van der Waals surface area contributed by atoms with Crippen molar-refractivity contribution in [2.45, 2.75) is 64.6 Å². The zero-order chi connectivity index (χ0) is 23.5. The molecule has 0 heterocycles. The molecule has 182 valence electrons. The van der Waals surface area contributed by atoms with Crippen LogP contribution < -0.4 is 11.5 Å². The maximum Gasteiger partial charge on any atom is 0.500 e. The topological polar surface area (TPSA) is 107 Å². The summed E-state index contributed by atoms with van der Waals surface area (Å²) in [5.41, 5.74) is 12.7. The van der Waals surface area contributed by atoms with Gasteiger partial charge in [0.05, 0.1) is 6.61 Å². The first-order valence-electron chi connectivity index (χ1n) is 10.8. The summed E-state index contributed by atoms with van der Waals surface area (Å²) < 4.78 is 32.5. The van der Waals surface area contributed by atoms with E-state index >= 15 is 0 Å². The van der Waals surface area contributed by atoms with E-state index in [1.165, 1.54) is 0 Å². The molecule has 1 unspecified atom stereocenters. The predicted molar refractivity (Wildman–Crippen MR) is 128 cm³/mol. The molecule has 0 aliphatic carbocycles. The van der Waals surface area contributed by atoms with E-state index in [4.69, 9.17) is 38.3 Å². The van der Waals surface area contributed by atoms with E-state index < -0.39 is 18.1 Å². The van der Waals surface area contributed by atoms with E-state index in [2.05, 4.69) is 13.5 Å². The van der Waals surface area contributed by atoms with Crippen LogP contribution >= 0.6 is 0 Å². The normalized spacial score (nSPS) is 13.7. The van der Waals surface area contributed by atoms with Crippen molar-refractivity contribution in [3.63, 3.8) is 0 Å². The van der Waals surface area contributed by atoms with E-state index in [1.807, 2.05) is 20.8 Å². The van der Waals surface area contributed by atoms with Crippen molar-refractivity contribution >= 4 is 18.1 Å². The third-order valence-corrected chi connectivity index (χ3v) is 10.1. The van der Waals surface area contributed by atoms with Crippen LogP contribution in [0.2, 0.25) is 12.1 Å². The molecule has 0 bridgehead atoms. The van der Waals surface area contributed by atoms with Crippen molar-refractivity contribution in [2.24, 2.45) is 11.5 Å². The molecular formula is C20H48N2O6Si2. The Hall–Kier alpha value is -0.146. The molecule has 1 atom stereocenters. The van der Waals surface area contributed by atoms with Gasteiger partial charge in [0.15, 0.2) is 0 Å². The van der Waals surface area contributed by atoms with Crippen LogP contribution in [0, 0.1) is 0 Å². The van der Waals surface area contributed by atoms with Gasteiger partial charge in [0.25, 0.3) is 0 Å². The summed E-state index contributed by atoms with van der Waals surface area (Å²) in [6, 6.07) is 1.62. The summed E-state index contributed by atoms with van der Waals surface area (Å²) in [7, 11) is 0.871.